The maximum Gasteiger partial charge on any atom is 0.180 e. The van der Waals surface area contributed by atoms with Crippen LogP contribution in [0.4, 0.5) is 5.82 Å². The zero-order valence-electron chi connectivity index (χ0n) is 17.2. The first-order valence-electron chi connectivity index (χ1n) is 10.3. The molecule has 7 heteroatoms. The first-order valence-corrected chi connectivity index (χ1v) is 10.3. The third-order valence-corrected chi connectivity index (χ3v) is 5.45. The molecule has 0 radical (unpaired) electrons. The van der Waals surface area contributed by atoms with Crippen molar-refractivity contribution in [2.75, 3.05) is 23.8 Å². The van der Waals surface area contributed by atoms with Crippen LogP contribution >= 0.6 is 0 Å². The molecule has 1 saturated heterocycles. The second kappa shape index (κ2) is 7.42. The van der Waals surface area contributed by atoms with E-state index in [1.807, 2.05) is 42.5 Å². The molecule has 152 valence electrons. The Morgan fingerprint density at radius 3 is 2.43 bits per heavy atom. The number of nitrogens with two attached hydrogens (primary N) is 1. The first-order chi connectivity index (χ1) is 14.6. The van der Waals surface area contributed by atoms with Crippen LogP contribution in [0.1, 0.15) is 13.8 Å². The van der Waals surface area contributed by atoms with Crippen LogP contribution in [-0.2, 0) is 0 Å². The predicted octanol–water partition coefficient (Wildman–Crippen LogP) is 3.06. The van der Waals surface area contributed by atoms with E-state index >= 15 is 0 Å². The van der Waals surface area contributed by atoms with Crippen molar-refractivity contribution in [2.24, 2.45) is 0 Å². The second-order valence-corrected chi connectivity index (χ2v) is 7.93. The topological polar surface area (TPSA) is 84.9 Å². The number of benzene rings is 1. The fourth-order valence-corrected chi connectivity index (χ4v) is 4.23. The molecule has 2 atom stereocenters. The van der Waals surface area contributed by atoms with E-state index in [9.17, 15) is 0 Å². The van der Waals surface area contributed by atoms with Crippen LogP contribution in [0.15, 0.2) is 60.8 Å². The fraction of sp³-hybridized carbons (Fsp3) is 0.261. The lowest BCUT2D eigenvalue weighted by Gasteiger charge is -2.38. The largest absolute Gasteiger partial charge is 0.383 e. The maximum absolute atomic E-state index is 6.23. The Labute approximate surface area is 175 Å². The van der Waals surface area contributed by atoms with Crippen molar-refractivity contribution in [2.45, 2.75) is 25.9 Å². The van der Waals surface area contributed by atoms with Crippen LogP contribution in [-0.4, -0.2) is 44.8 Å². The second-order valence-electron chi connectivity index (χ2n) is 7.93. The Kier molecular flexibility index (Phi) is 4.59. The van der Waals surface area contributed by atoms with E-state index in [1.165, 1.54) is 0 Å². The smallest absolute Gasteiger partial charge is 0.180 e. The number of fused-ring (bicyclic) bond motifs is 1. The Morgan fingerprint density at radius 2 is 1.70 bits per heavy atom. The van der Waals surface area contributed by atoms with E-state index in [0.717, 1.165) is 46.9 Å². The number of hydrogen-bond donors (Lipinski definition) is 2. The summed E-state index contributed by atoms with van der Waals surface area (Å²) in [7, 11) is 0. The van der Waals surface area contributed by atoms with Gasteiger partial charge in [-0.25, -0.2) is 19.6 Å². The lowest BCUT2D eigenvalue weighted by molar-refractivity contribution is 0.363. The van der Waals surface area contributed by atoms with Gasteiger partial charge < -0.3 is 16.1 Å². The van der Waals surface area contributed by atoms with Crippen molar-refractivity contribution in [3.05, 3.63) is 60.8 Å². The van der Waals surface area contributed by atoms with Gasteiger partial charge in [0.15, 0.2) is 11.5 Å². The van der Waals surface area contributed by atoms with Crippen molar-refractivity contribution < 1.29 is 0 Å². The molecule has 1 aliphatic rings. The number of aromatic nitrogens is 4. The lowest BCUT2D eigenvalue weighted by Crippen LogP contribution is -2.58. The Bertz CT molecular complexity index is 1170. The van der Waals surface area contributed by atoms with Gasteiger partial charge in [0.25, 0.3) is 0 Å². The summed E-state index contributed by atoms with van der Waals surface area (Å²) in [4.78, 5) is 14.2. The lowest BCUT2D eigenvalue weighted by atomic mass is 10.1. The van der Waals surface area contributed by atoms with E-state index < -0.39 is 0 Å². The number of imidazole rings is 1. The third-order valence-electron chi connectivity index (χ3n) is 5.45. The van der Waals surface area contributed by atoms with Gasteiger partial charge in [-0.2, -0.15) is 0 Å². The van der Waals surface area contributed by atoms with Gasteiger partial charge >= 0.3 is 0 Å². The highest BCUT2D eigenvalue weighted by atomic mass is 15.6. The molecule has 3 N–H and O–H groups in total. The van der Waals surface area contributed by atoms with Crippen molar-refractivity contribution in [1.82, 2.24) is 24.9 Å². The summed E-state index contributed by atoms with van der Waals surface area (Å²) in [6.45, 7) is 6.09. The van der Waals surface area contributed by atoms with Gasteiger partial charge in [0.05, 0.1) is 11.3 Å². The van der Waals surface area contributed by atoms with Crippen LogP contribution in [0.3, 0.4) is 0 Å². The van der Waals surface area contributed by atoms with E-state index in [4.69, 9.17) is 15.7 Å². The average Bonchev–Trinajstić information content (AvgIpc) is 3.12. The number of rotatable bonds is 3. The van der Waals surface area contributed by atoms with E-state index in [-0.39, 0.29) is 0 Å². The molecule has 1 fully saturated rings. The quantitative estimate of drug-likeness (QED) is 0.551. The SMILES string of the molecule is C[C@H]1CN(n2c(-c3cccnc3N)nc3ccc(-c4ccccc4)nc32)C[C@H](C)N1. The monoisotopic (exact) mass is 399 g/mol. The highest BCUT2D eigenvalue weighted by Gasteiger charge is 2.27. The van der Waals surface area contributed by atoms with Gasteiger partial charge in [0.2, 0.25) is 0 Å². The molecule has 0 bridgehead atoms. The number of hydrogen-bond acceptors (Lipinski definition) is 6. The zero-order valence-corrected chi connectivity index (χ0v) is 17.2. The normalized spacial score (nSPS) is 19.3. The number of nitrogens with zero attached hydrogens (tertiary/aromatic N) is 5. The molecule has 1 aromatic carbocycles. The van der Waals surface area contributed by atoms with Crippen molar-refractivity contribution >= 4 is 17.0 Å². The fourth-order valence-electron chi connectivity index (χ4n) is 4.23. The molecule has 0 amide bonds. The number of piperazine rings is 1. The standard InChI is InChI=1S/C23H25N7/c1-15-13-29(14-16(2)26-15)30-22(18-9-6-12-25-21(18)24)28-20-11-10-19(27-23(20)30)17-7-4-3-5-8-17/h3-12,15-16,26H,13-14H2,1-2H3,(H2,24,25)/t15-,16-/m0/s1. The van der Waals surface area contributed by atoms with Crippen LogP contribution in [0.2, 0.25) is 0 Å². The Morgan fingerprint density at radius 1 is 0.933 bits per heavy atom. The first kappa shape index (κ1) is 18.6. The minimum absolute atomic E-state index is 0.350. The summed E-state index contributed by atoms with van der Waals surface area (Å²) < 4.78 is 2.13. The average molecular weight is 400 g/mol. The molecule has 0 aliphatic carbocycles. The Balaban J connectivity index is 1.74. The van der Waals surface area contributed by atoms with Crippen LogP contribution in [0.5, 0.6) is 0 Å². The number of anilines is 1. The molecule has 4 aromatic rings. The predicted molar refractivity (Wildman–Crippen MR) is 121 cm³/mol. The summed E-state index contributed by atoms with van der Waals surface area (Å²) >= 11 is 0. The van der Waals surface area contributed by atoms with Crippen molar-refractivity contribution in [3.8, 4) is 22.6 Å². The minimum atomic E-state index is 0.350. The van der Waals surface area contributed by atoms with Gasteiger partial charge in [0.1, 0.15) is 11.3 Å². The molecule has 0 unspecified atom stereocenters. The number of nitrogen functional groups attached to an aromatic ring is 1. The molecule has 5 rings (SSSR count). The number of nitrogens with one attached hydrogen (secondary N) is 1. The summed E-state index contributed by atoms with van der Waals surface area (Å²) in [5.74, 6) is 1.24. The summed E-state index contributed by atoms with van der Waals surface area (Å²) in [5.41, 5.74) is 10.7. The molecule has 0 saturated carbocycles. The van der Waals surface area contributed by atoms with Crippen LogP contribution in [0, 0.1) is 0 Å². The Hall–Kier alpha value is -3.45. The molecular formula is C23H25N7. The molecule has 3 aromatic heterocycles. The summed E-state index contributed by atoms with van der Waals surface area (Å²) in [6.07, 6.45) is 1.70. The molecule has 0 spiro atoms. The van der Waals surface area contributed by atoms with Crippen LogP contribution < -0.4 is 16.1 Å². The highest BCUT2D eigenvalue weighted by Crippen LogP contribution is 2.29. The van der Waals surface area contributed by atoms with Gasteiger partial charge in [-0.1, -0.05) is 30.3 Å². The minimum Gasteiger partial charge on any atom is -0.383 e. The molecular weight excluding hydrogens is 374 g/mol. The van der Waals surface area contributed by atoms with E-state index in [2.05, 4.69) is 46.0 Å². The van der Waals surface area contributed by atoms with Gasteiger partial charge in [-0.3, -0.25) is 0 Å². The molecule has 1 aliphatic heterocycles. The highest BCUT2D eigenvalue weighted by molar-refractivity contribution is 5.82. The summed E-state index contributed by atoms with van der Waals surface area (Å²) in [6, 6.07) is 18.8. The van der Waals surface area contributed by atoms with Crippen molar-refractivity contribution in [3.63, 3.8) is 0 Å². The van der Waals surface area contributed by atoms with Crippen molar-refractivity contribution in [1.29, 1.82) is 0 Å². The van der Waals surface area contributed by atoms with Crippen LogP contribution in [0.25, 0.3) is 33.8 Å². The molecule has 30 heavy (non-hydrogen) atoms. The number of pyridine rings is 2. The maximum atomic E-state index is 6.23. The van der Waals surface area contributed by atoms with E-state index in [1.54, 1.807) is 6.20 Å². The molecule has 4 heterocycles. The van der Waals surface area contributed by atoms with E-state index in [0.29, 0.717) is 17.9 Å². The molecule has 7 nitrogen and oxygen atoms in total. The van der Waals surface area contributed by atoms with Gasteiger partial charge in [-0.05, 0) is 38.1 Å². The van der Waals surface area contributed by atoms with Gasteiger partial charge in [0, 0.05) is 36.9 Å². The summed E-state index contributed by atoms with van der Waals surface area (Å²) in [5, 5.41) is 5.90. The zero-order chi connectivity index (χ0) is 20.7. The third kappa shape index (κ3) is 3.27. The van der Waals surface area contributed by atoms with Gasteiger partial charge in [-0.15, -0.1) is 0 Å².